The number of hydrogen-bond acceptors (Lipinski definition) is 3. The van der Waals surface area contributed by atoms with E-state index < -0.39 is 0 Å². The molecule has 2 heterocycles. The molecule has 0 saturated heterocycles. The van der Waals surface area contributed by atoms with Gasteiger partial charge < -0.3 is 4.40 Å². The van der Waals surface area contributed by atoms with Gasteiger partial charge in [-0.05, 0) is 0 Å². The van der Waals surface area contributed by atoms with Gasteiger partial charge in [0.2, 0.25) is 0 Å². The summed E-state index contributed by atoms with van der Waals surface area (Å²) in [5.41, 5.74) is 0.853. The van der Waals surface area contributed by atoms with Crippen molar-refractivity contribution in [2.75, 3.05) is 0 Å². The number of hydrogen-bond donors (Lipinski definition) is 0. The van der Waals surface area contributed by atoms with Gasteiger partial charge in [0.15, 0.2) is 17.1 Å². The second-order valence-corrected chi connectivity index (χ2v) is 2.59. The van der Waals surface area contributed by atoms with Crippen molar-refractivity contribution in [1.82, 2.24) is 14.4 Å². The quantitative estimate of drug-likeness (QED) is 0.621. The van der Waals surface area contributed by atoms with Crippen LogP contribution in [0.25, 0.3) is 5.65 Å². The van der Waals surface area contributed by atoms with Gasteiger partial charge in [-0.15, -0.1) is 0 Å². The van der Waals surface area contributed by atoms with Gasteiger partial charge in [-0.3, -0.25) is 4.79 Å². The average Bonchev–Trinajstić information content (AvgIpc) is 2.49. The summed E-state index contributed by atoms with van der Waals surface area (Å²) >= 11 is 5.72. The number of aldehydes is 1. The van der Waals surface area contributed by atoms with Crippen molar-refractivity contribution in [1.29, 1.82) is 0 Å². The molecule has 2 aromatic heterocycles. The third-order valence-electron chi connectivity index (χ3n) is 1.47. The molecule has 0 unspecified atom stereocenters. The lowest BCUT2D eigenvalue weighted by Gasteiger charge is -1.91. The molecule has 0 spiro atoms. The molecule has 0 saturated carbocycles. The zero-order valence-corrected chi connectivity index (χ0v) is 6.69. The molecular formula is C7H4ClN3O. The smallest absolute Gasteiger partial charge is 0.175 e. The highest BCUT2D eigenvalue weighted by atomic mass is 35.5. The fraction of sp³-hybridized carbons (Fsp3) is 0. The zero-order chi connectivity index (χ0) is 8.55. The molecule has 12 heavy (non-hydrogen) atoms. The molecule has 0 aliphatic carbocycles. The molecule has 2 aromatic rings. The van der Waals surface area contributed by atoms with Crippen molar-refractivity contribution in [2.45, 2.75) is 0 Å². The summed E-state index contributed by atoms with van der Waals surface area (Å²) in [5.74, 6) is 0. The number of halogens is 1. The van der Waals surface area contributed by atoms with Gasteiger partial charge in [0, 0.05) is 18.6 Å². The number of fused-ring (bicyclic) bond motifs is 1. The fourth-order valence-corrected chi connectivity index (χ4v) is 1.16. The minimum atomic E-state index is 0.297. The molecule has 0 aliphatic rings. The van der Waals surface area contributed by atoms with Crippen molar-refractivity contribution < 1.29 is 4.79 Å². The standard InChI is InChI=1S/C7H4ClN3O/c8-6-7-10-5(4-12)3-11(7)2-1-9-6/h1-4H. The van der Waals surface area contributed by atoms with Crippen LogP contribution in [0.1, 0.15) is 10.5 Å². The van der Waals surface area contributed by atoms with Crippen LogP contribution in [0.4, 0.5) is 0 Å². The van der Waals surface area contributed by atoms with Crippen LogP contribution in [-0.2, 0) is 0 Å². The Bertz CT molecular complexity index is 437. The van der Waals surface area contributed by atoms with Gasteiger partial charge in [-0.1, -0.05) is 11.6 Å². The lowest BCUT2D eigenvalue weighted by molar-refractivity contribution is 0.111. The average molecular weight is 182 g/mol. The summed E-state index contributed by atoms with van der Waals surface area (Å²) < 4.78 is 1.65. The minimum absolute atomic E-state index is 0.297. The maximum atomic E-state index is 10.3. The van der Waals surface area contributed by atoms with Crippen LogP contribution in [-0.4, -0.2) is 20.7 Å². The fourth-order valence-electron chi connectivity index (χ4n) is 0.964. The Morgan fingerprint density at radius 2 is 2.42 bits per heavy atom. The van der Waals surface area contributed by atoms with Crippen LogP contribution in [0, 0.1) is 0 Å². The monoisotopic (exact) mass is 181 g/mol. The molecule has 0 N–H and O–H groups in total. The number of rotatable bonds is 1. The third kappa shape index (κ3) is 0.967. The Hall–Kier alpha value is -1.42. The van der Waals surface area contributed by atoms with Crippen LogP contribution < -0.4 is 0 Å². The number of aromatic nitrogens is 3. The van der Waals surface area contributed by atoms with Crippen LogP contribution in [0.3, 0.4) is 0 Å². The molecule has 60 valence electrons. The van der Waals surface area contributed by atoms with Crippen LogP contribution in [0.2, 0.25) is 5.15 Å². The van der Waals surface area contributed by atoms with E-state index in [1.807, 2.05) is 0 Å². The highest BCUT2D eigenvalue weighted by Gasteiger charge is 2.03. The van der Waals surface area contributed by atoms with Crippen molar-refractivity contribution in [3.05, 3.63) is 29.4 Å². The third-order valence-corrected chi connectivity index (χ3v) is 1.74. The predicted octanol–water partition coefficient (Wildman–Crippen LogP) is 1.20. The van der Waals surface area contributed by atoms with Crippen LogP contribution in [0.15, 0.2) is 18.6 Å². The molecule has 4 nitrogen and oxygen atoms in total. The number of nitrogens with zero attached hydrogens (tertiary/aromatic N) is 3. The van der Waals surface area contributed by atoms with E-state index in [1.165, 1.54) is 0 Å². The molecule has 2 rings (SSSR count). The number of carbonyl (C=O) groups excluding carboxylic acids is 1. The summed E-state index contributed by atoms with van der Waals surface area (Å²) in [5, 5.41) is 0.297. The Labute approximate surface area is 72.8 Å². The first-order valence-electron chi connectivity index (χ1n) is 3.25. The normalized spacial score (nSPS) is 10.4. The summed E-state index contributed by atoms with van der Waals surface area (Å²) in [7, 11) is 0. The Kier molecular flexibility index (Phi) is 1.55. The van der Waals surface area contributed by atoms with Gasteiger partial charge in [0.05, 0.1) is 0 Å². The van der Waals surface area contributed by atoms with Gasteiger partial charge in [-0.2, -0.15) is 0 Å². The van der Waals surface area contributed by atoms with Crippen molar-refractivity contribution >= 4 is 23.5 Å². The first-order chi connectivity index (χ1) is 5.81. The van der Waals surface area contributed by atoms with E-state index in [1.54, 1.807) is 23.0 Å². The first-order valence-corrected chi connectivity index (χ1v) is 3.63. The molecule has 0 radical (unpaired) electrons. The van der Waals surface area contributed by atoms with E-state index in [2.05, 4.69) is 9.97 Å². The van der Waals surface area contributed by atoms with E-state index in [0.717, 1.165) is 0 Å². The molecular weight excluding hydrogens is 178 g/mol. The van der Waals surface area contributed by atoms with E-state index in [0.29, 0.717) is 22.8 Å². The molecule has 0 aromatic carbocycles. The van der Waals surface area contributed by atoms with Crippen molar-refractivity contribution in [3.63, 3.8) is 0 Å². The van der Waals surface area contributed by atoms with E-state index in [-0.39, 0.29) is 0 Å². The van der Waals surface area contributed by atoms with Gasteiger partial charge in [0.25, 0.3) is 0 Å². The van der Waals surface area contributed by atoms with E-state index in [4.69, 9.17) is 11.6 Å². The highest BCUT2D eigenvalue weighted by Crippen LogP contribution is 2.11. The van der Waals surface area contributed by atoms with Crippen molar-refractivity contribution in [2.24, 2.45) is 0 Å². The number of carbonyl (C=O) groups is 1. The molecule has 0 bridgehead atoms. The Morgan fingerprint density at radius 1 is 1.58 bits per heavy atom. The van der Waals surface area contributed by atoms with Crippen LogP contribution >= 0.6 is 11.6 Å². The maximum Gasteiger partial charge on any atom is 0.175 e. The van der Waals surface area contributed by atoms with E-state index in [9.17, 15) is 4.79 Å². The Balaban J connectivity index is 2.82. The second kappa shape index (κ2) is 2.57. The SMILES string of the molecule is O=Cc1cn2ccnc(Cl)c2n1. The number of imidazole rings is 1. The second-order valence-electron chi connectivity index (χ2n) is 2.23. The molecule has 5 heteroatoms. The highest BCUT2D eigenvalue weighted by molar-refractivity contribution is 6.32. The minimum Gasteiger partial charge on any atom is -0.302 e. The van der Waals surface area contributed by atoms with E-state index >= 15 is 0 Å². The summed E-state index contributed by atoms with van der Waals surface area (Å²) in [4.78, 5) is 18.1. The summed E-state index contributed by atoms with van der Waals surface area (Å²) in [6.07, 6.45) is 5.49. The molecule has 0 amide bonds. The van der Waals surface area contributed by atoms with Gasteiger partial charge >= 0.3 is 0 Å². The van der Waals surface area contributed by atoms with Crippen LogP contribution in [0.5, 0.6) is 0 Å². The topological polar surface area (TPSA) is 47.3 Å². The summed E-state index contributed by atoms with van der Waals surface area (Å²) in [6.45, 7) is 0. The maximum absolute atomic E-state index is 10.3. The Morgan fingerprint density at radius 3 is 3.08 bits per heavy atom. The lowest BCUT2D eigenvalue weighted by atomic mass is 10.5. The predicted molar refractivity (Wildman–Crippen MR) is 43.4 cm³/mol. The molecule has 0 aliphatic heterocycles. The van der Waals surface area contributed by atoms with Gasteiger partial charge in [0.1, 0.15) is 5.69 Å². The lowest BCUT2D eigenvalue weighted by Crippen LogP contribution is -1.84. The summed E-state index contributed by atoms with van der Waals surface area (Å²) in [6, 6.07) is 0. The van der Waals surface area contributed by atoms with Gasteiger partial charge in [-0.25, -0.2) is 9.97 Å². The first kappa shape index (κ1) is 7.24. The molecule has 0 fully saturated rings. The largest absolute Gasteiger partial charge is 0.302 e. The molecule has 0 atom stereocenters. The zero-order valence-electron chi connectivity index (χ0n) is 5.94. The van der Waals surface area contributed by atoms with Crippen molar-refractivity contribution in [3.8, 4) is 0 Å².